The molecule has 0 aromatic heterocycles. The number of ether oxygens (including phenoxy) is 1. The van der Waals surface area contributed by atoms with Crippen LogP contribution in [0.3, 0.4) is 0 Å². The van der Waals surface area contributed by atoms with Crippen molar-refractivity contribution in [3.63, 3.8) is 0 Å². The van der Waals surface area contributed by atoms with E-state index in [0.29, 0.717) is 16.7 Å². The van der Waals surface area contributed by atoms with Crippen LogP contribution in [0.2, 0.25) is 10.0 Å². The summed E-state index contributed by atoms with van der Waals surface area (Å²) in [6, 6.07) is 22.2. The van der Waals surface area contributed by atoms with Crippen molar-refractivity contribution in [3.8, 4) is 5.75 Å². The highest BCUT2D eigenvalue weighted by Crippen LogP contribution is 2.48. The molecule has 0 bridgehead atoms. The summed E-state index contributed by atoms with van der Waals surface area (Å²) in [7, 11) is 0. The van der Waals surface area contributed by atoms with Gasteiger partial charge in [-0.1, -0.05) is 54.4 Å². The summed E-state index contributed by atoms with van der Waals surface area (Å²) >= 11 is 14.2. The maximum Gasteiger partial charge on any atom is 0.133 e. The zero-order valence-electron chi connectivity index (χ0n) is 19.3. The van der Waals surface area contributed by atoms with E-state index >= 15 is 0 Å². The minimum Gasteiger partial charge on any atom is -0.493 e. The van der Waals surface area contributed by atoms with Crippen molar-refractivity contribution < 1.29 is 4.74 Å². The number of rotatable bonds is 7. The summed E-state index contributed by atoms with van der Waals surface area (Å²) < 4.78 is 6.05. The molecule has 6 heteroatoms. The van der Waals surface area contributed by atoms with Crippen LogP contribution in [0.1, 0.15) is 44.4 Å². The highest BCUT2D eigenvalue weighted by Gasteiger charge is 2.52. The van der Waals surface area contributed by atoms with E-state index in [2.05, 4.69) is 68.6 Å². The van der Waals surface area contributed by atoms with Gasteiger partial charge >= 0.3 is 0 Å². The molecule has 2 atom stereocenters. The summed E-state index contributed by atoms with van der Waals surface area (Å²) in [6.45, 7) is 9.08. The van der Waals surface area contributed by atoms with Crippen molar-refractivity contribution in [1.82, 2.24) is 5.32 Å². The van der Waals surface area contributed by atoms with Crippen LogP contribution in [-0.2, 0) is 11.1 Å². The summed E-state index contributed by atoms with van der Waals surface area (Å²) in [5, 5.41) is 5.17. The molecule has 0 radical (unpaired) electrons. The second-order valence-corrected chi connectivity index (χ2v) is 10.5. The van der Waals surface area contributed by atoms with Crippen molar-refractivity contribution in [2.24, 2.45) is 4.99 Å². The average Bonchev–Trinajstić information content (AvgIpc) is 3.07. The van der Waals surface area contributed by atoms with Crippen LogP contribution in [-0.4, -0.2) is 18.2 Å². The number of amidine groups is 1. The quantitative estimate of drug-likeness (QED) is 0.339. The van der Waals surface area contributed by atoms with Crippen LogP contribution < -0.4 is 10.1 Å². The topological polar surface area (TPSA) is 33.6 Å². The van der Waals surface area contributed by atoms with E-state index in [0.717, 1.165) is 34.0 Å². The predicted molar refractivity (Wildman–Crippen MR) is 141 cm³/mol. The molecule has 4 rings (SSSR count). The van der Waals surface area contributed by atoms with Gasteiger partial charge in [-0.2, -0.15) is 0 Å². The first-order chi connectivity index (χ1) is 15.8. The van der Waals surface area contributed by atoms with E-state index in [1.165, 1.54) is 4.90 Å². The molecule has 2 unspecified atom stereocenters. The molecule has 33 heavy (non-hydrogen) atoms. The summed E-state index contributed by atoms with van der Waals surface area (Å²) in [6.07, 6.45) is 0. The molecule has 0 saturated heterocycles. The molecule has 3 aromatic carbocycles. The van der Waals surface area contributed by atoms with Crippen LogP contribution in [0.4, 0.5) is 0 Å². The van der Waals surface area contributed by atoms with Crippen molar-refractivity contribution in [2.45, 2.75) is 43.7 Å². The third-order valence-corrected chi connectivity index (χ3v) is 7.70. The number of aliphatic imine (C=N–C) groups is 1. The second-order valence-electron chi connectivity index (χ2n) is 8.32. The molecular weight excluding hydrogens is 471 g/mol. The van der Waals surface area contributed by atoms with Gasteiger partial charge in [-0.05, 0) is 80.1 Å². The number of halogens is 2. The summed E-state index contributed by atoms with van der Waals surface area (Å²) in [5.74, 6) is 2.65. The lowest BCUT2D eigenvalue weighted by atomic mass is 9.72. The van der Waals surface area contributed by atoms with Gasteiger partial charge in [0.05, 0.1) is 17.7 Å². The highest BCUT2D eigenvalue weighted by atomic mass is 35.5. The summed E-state index contributed by atoms with van der Waals surface area (Å²) in [4.78, 5) is 6.49. The number of nitrogens with one attached hydrogen (secondary N) is 1. The van der Waals surface area contributed by atoms with Crippen LogP contribution in [0.5, 0.6) is 5.75 Å². The monoisotopic (exact) mass is 498 g/mol. The Morgan fingerprint density at radius 3 is 2.06 bits per heavy atom. The molecule has 1 aliphatic heterocycles. The molecule has 1 aliphatic rings. The Bertz CT molecular complexity index is 1160. The highest BCUT2D eigenvalue weighted by molar-refractivity contribution is 7.99. The van der Waals surface area contributed by atoms with Gasteiger partial charge in [-0.25, -0.2) is 0 Å². The number of benzene rings is 3. The predicted octanol–water partition coefficient (Wildman–Crippen LogP) is 7.68. The van der Waals surface area contributed by atoms with E-state index < -0.39 is 11.1 Å². The van der Waals surface area contributed by atoms with Gasteiger partial charge in [0.1, 0.15) is 17.1 Å². The van der Waals surface area contributed by atoms with Crippen molar-refractivity contribution in [2.75, 3.05) is 12.4 Å². The van der Waals surface area contributed by atoms with Gasteiger partial charge in [0.2, 0.25) is 0 Å². The third kappa shape index (κ3) is 4.49. The second kappa shape index (κ2) is 9.61. The SMILES string of the molecule is CCOc1cc(SCC)ccc1C1=NC(C)(c2ccc(Cl)cc2)C(C)(c2ccc(Cl)cc2)N1. The largest absolute Gasteiger partial charge is 0.493 e. The van der Waals surface area contributed by atoms with E-state index in [1.54, 1.807) is 11.8 Å². The summed E-state index contributed by atoms with van der Waals surface area (Å²) in [5.41, 5.74) is 2.00. The fourth-order valence-corrected chi connectivity index (χ4v) is 5.28. The van der Waals surface area contributed by atoms with Crippen LogP contribution >= 0.6 is 35.0 Å². The van der Waals surface area contributed by atoms with E-state index in [4.69, 9.17) is 32.9 Å². The Morgan fingerprint density at radius 2 is 1.48 bits per heavy atom. The van der Waals surface area contributed by atoms with Gasteiger partial charge in [0.25, 0.3) is 0 Å². The normalized spacial score (nSPS) is 22.1. The lowest BCUT2D eigenvalue weighted by Crippen LogP contribution is -2.50. The fourth-order valence-electron chi connectivity index (χ4n) is 4.34. The Hall–Kier alpha value is -2.14. The maximum absolute atomic E-state index is 6.21. The molecule has 3 aromatic rings. The Balaban J connectivity index is 1.87. The zero-order chi connectivity index (χ0) is 23.6. The molecule has 1 heterocycles. The molecule has 0 amide bonds. The molecule has 172 valence electrons. The minimum atomic E-state index is -0.596. The third-order valence-electron chi connectivity index (χ3n) is 6.32. The fraction of sp³-hybridized carbons (Fsp3) is 0.296. The first-order valence-electron chi connectivity index (χ1n) is 11.1. The molecule has 1 N–H and O–H groups in total. The standard InChI is InChI=1S/C27H28Cl2N2OS/c1-5-32-24-17-22(33-6-2)15-16-23(24)25-30-26(3,18-7-11-20(28)12-8-18)27(4,31-25)19-9-13-21(29)14-10-19/h7-17H,5-6H2,1-4H3,(H,30,31). The van der Waals surface area contributed by atoms with Gasteiger partial charge < -0.3 is 10.1 Å². The Morgan fingerprint density at radius 1 is 0.879 bits per heavy atom. The Kier molecular flexibility index (Phi) is 6.99. The van der Waals surface area contributed by atoms with Gasteiger partial charge in [0, 0.05) is 14.9 Å². The van der Waals surface area contributed by atoms with Crippen molar-refractivity contribution in [3.05, 3.63) is 93.5 Å². The van der Waals surface area contributed by atoms with Crippen LogP contribution in [0.25, 0.3) is 0 Å². The zero-order valence-corrected chi connectivity index (χ0v) is 21.6. The van der Waals surface area contributed by atoms with Gasteiger partial charge in [-0.3, -0.25) is 4.99 Å². The van der Waals surface area contributed by atoms with Crippen LogP contribution in [0, 0.1) is 0 Å². The lowest BCUT2D eigenvalue weighted by Gasteiger charge is -2.40. The van der Waals surface area contributed by atoms with Crippen molar-refractivity contribution >= 4 is 40.8 Å². The van der Waals surface area contributed by atoms with E-state index in [1.807, 2.05) is 31.2 Å². The van der Waals surface area contributed by atoms with E-state index in [9.17, 15) is 0 Å². The number of hydrogen-bond acceptors (Lipinski definition) is 4. The first kappa shape index (κ1) is 24.0. The van der Waals surface area contributed by atoms with Gasteiger partial charge in [0.15, 0.2) is 0 Å². The number of hydrogen-bond donors (Lipinski definition) is 1. The van der Waals surface area contributed by atoms with Gasteiger partial charge in [-0.15, -0.1) is 11.8 Å². The lowest BCUT2D eigenvalue weighted by molar-refractivity contribution is 0.268. The molecular formula is C27H28Cl2N2OS. The smallest absolute Gasteiger partial charge is 0.133 e. The van der Waals surface area contributed by atoms with E-state index in [-0.39, 0.29) is 0 Å². The maximum atomic E-state index is 6.21. The minimum absolute atomic E-state index is 0.527. The molecule has 0 fully saturated rings. The molecule has 0 saturated carbocycles. The molecule has 0 spiro atoms. The van der Waals surface area contributed by atoms with Crippen molar-refractivity contribution in [1.29, 1.82) is 0 Å². The number of nitrogens with zero attached hydrogens (tertiary/aromatic N) is 1. The average molecular weight is 500 g/mol. The number of thioether (sulfide) groups is 1. The molecule has 3 nitrogen and oxygen atoms in total. The van der Waals surface area contributed by atoms with Crippen LogP contribution in [0.15, 0.2) is 76.6 Å². The first-order valence-corrected chi connectivity index (χ1v) is 12.8. The Labute approximate surface area is 210 Å². The molecule has 0 aliphatic carbocycles.